The first kappa shape index (κ1) is 20.2. The van der Waals surface area contributed by atoms with E-state index in [1.54, 1.807) is 4.90 Å². The number of nitrogens with zero attached hydrogens (tertiary/aromatic N) is 5. The number of hydrogen-bond donors (Lipinski definition) is 2. The molecule has 4 rings (SSSR count). The van der Waals surface area contributed by atoms with Gasteiger partial charge in [0.25, 0.3) is 0 Å². The van der Waals surface area contributed by atoms with Gasteiger partial charge in [0.15, 0.2) is 0 Å². The number of nitrogen functional groups attached to an aromatic ring is 1. The summed E-state index contributed by atoms with van der Waals surface area (Å²) in [6, 6.07) is 9.88. The van der Waals surface area contributed by atoms with Crippen molar-refractivity contribution >= 4 is 40.1 Å². The molecule has 0 radical (unpaired) electrons. The molecular formula is C22H29N7O. The molecule has 30 heavy (non-hydrogen) atoms. The van der Waals surface area contributed by atoms with E-state index in [0.29, 0.717) is 12.2 Å². The van der Waals surface area contributed by atoms with Crippen molar-refractivity contribution in [3.63, 3.8) is 0 Å². The fourth-order valence-electron chi connectivity index (χ4n) is 3.82. The molecule has 0 fully saturated rings. The van der Waals surface area contributed by atoms with Crippen molar-refractivity contribution in [3.05, 3.63) is 30.3 Å². The zero-order valence-corrected chi connectivity index (χ0v) is 18.0. The van der Waals surface area contributed by atoms with E-state index in [2.05, 4.69) is 35.3 Å². The summed E-state index contributed by atoms with van der Waals surface area (Å²) in [6.45, 7) is 3.04. The smallest absolute Gasteiger partial charge is 0.214 e. The molecule has 0 aliphatic carbocycles. The van der Waals surface area contributed by atoms with E-state index in [4.69, 9.17) is 10.8 Å². The fraction of sp³-hybridized carbons (Fsp3) is 0.364. The molecule has 0 unspecified atom stereocenters. The summed E-state index contributed by atoms with van der Waals surface area (Å²) in [7, 11) is 8.11. The topological polar surface area (TPSA) is 82.7 Å². The van der Waals surface area contributed by atoms with Gasteiger partial charge in [0.2, 0.25) is 6.41 Å². The van der Waals surface area contributed by atoms with E-state index in [9.17, 15) is 4.79 Å². The van der Waals surface area contributed by atoms with Crippen molar-refractivity contribution in [1.29, 1.82) is 0 Å². The minimum Gasteiger partial charge on any atom is -0.399 e. The molecule has 2 aromatic carbocycles. The van der Waals surface area contributed by atoms with Crippen molar-refractivity contribution in [2.45, 2.75) is 6.54 Å². The fourth-order valence-corrected chi connectivity index (χ4v) is 3.82. The van der Waals surface area contributed by atoms with Crippen LogP contribution in [-0.2, 0) is 11.3 Å². The van der Waals surface area contributed by atoms with E-state index in [-0.39, 0.29) is 0 Å². The predicted octanol–water partition coefficient (Wildman–Crippen LogP) is 2.43. The van der Waals surface area contributed by atoms with Crippen molar-refractivity contribution < 1.29 is 4.79 Å². The molecule has 1 aromatic heterocycles. The number of fused-ring (bicyclic) bond motifs is 2. The molecule has 0 saturated heterocycles. The third kappa shape index (κ3) is 3.59. The van der Waals surface area contributed by atoms with Gasteiger partial charge in [-0.15, -0.1) is 0 Å². The molecule has 1 aliphatic rings. The van der Waals surface area contributed by atoms with Gasteiger partial charge in [-0.05, 0) is 58.5 Å². The molecule has 8 heteroatoms. The SMILES string of the molecule is CN(C)CCN(C=O)c1ccc2c3c(nn2CCN(C)C)-c2cc(N)ccc2Nc13. The van der Waals surface area contributed by atoms with Crippen LogP contribution in [0.4, 0.5) is 22.7 Å². The largest absolute Gasteiger partial charge is 0.399 e. The molecule has 8 nitrogen and oxygen atoms in total. The normalized spacial score (nSPS) is 12.3. The Morgan fingerprint density at radius 3 is 2.53 bits per heavy atom. The van der Waals surface area contributed by atoms with E-state index in [1.165, 1.54) is 0 Å². The zero-order valence-electron chi connectivity index (χ0n) is 18.0. The molecule has 1 aliphatic heterocycles. The molecule has 0 spiro atoms. The second kappa shape index (κ2) is 7.97. The second-order valence-corrected chi connectivity index (χ2v) is 8.26. The Labute approximate surface area is 176 Å². The molecule has 2 heterocycles. The highest BCUT2D eigenvalue weighted by Crippen LogP contribution is 2.47. The van der Waals surface area contributed by atoms with Gasteiger partial charge < -0.3 is 25.8 Å². The molecular weight excluding hydrogens is 378 g/mol. The third-order valence-corrected chi connectivity index (χ3v) is 5.44. The van der Waals surface area contributed by atoms with Crippen LogP contribution in [0.5, 0.6) is 0 Å². The highest BCUT2D eigenvalue weighted by molar-refractivity contribution is 6.14. The highest BCUT2D eigenvalue weighted by Gasteiger charge is 2.27. The summed E-state index contributed by atoms with van der Waals surface area (Å²) in [5.41, 5.74) is 12.4. The first-order chi connectivity index (χ1) is 14.4. The summed E-state index contributed by atoms with van der Waals surface area (Å²) < 4.78 is 2.04. The zero-order chi connectivity index (χ0) is 21.4. The maximum Gasteiger partial charge on any atom is 0.214 e. The van der Waals surface area contributed by atoms with Gasteiger partial charge >= 0.3 is 0 Å². The van der Waals surface area contributed by atoms with Gasteiger partial charge in [-0.1, -0.05) is 0 Å². The van der Waals surface area contributed by atoms with E-state index in [0.717, 1.165) is 65.3 Å². The van der Waals surface area contributed by atoms with Gasteiger partial charge in [0.05, 0.1) is 28.8 Å². The lowest BCUT2D eigenvalue weighted by Crippen LogP contribution is -2.31. The lowest BCUT2D eigenvalue weighted by molar-refractivity contribution is -0.107. The Kier molecular flexibility index (Phi) is 5.36. The summed E-state index contributed by atoms with van der Waals surface area (Å²) in [4.78, 5) is 17.9. The van der Waals surface area contributed by atoms with Crippen LogP contribution in [-0.4, -0.2) is 73.8 Å². The molecule has 158 valence electrons. The van der Waals surface area contributed by atoms with Gasteiger partial charge in [-0.3, -0.25) is 9.48 Å². The summed E-state index contributed by atoms with van der Waals surface area (Å²) >= 11 is 0. The van der Waals surface area contributed by atoms with Crippen LogP contribution in [0.2, 0.25) is 0 Å². The lowest BCUT2D eigenvalue weighted by Gasteiger charge is -2.26. The standard InChI is InChI=1S/C22H29N7O/c1-26(2)9-11-28(14-30)19-8-7-18-20-21(25-29(18)12-10-27(3)4)16-13-15(23)5-6-17(16)24-22(19)20/h5-8,13-14,24H,9-12,23H2,1-4H3. The number of hydrogen-bond acceptors (Lipinski definition) is 6. The Hall–Kier alpha value is -3.10. The lowest BCUT2D eigenvalue weighted by atomic mass is 9.98. The molecule has 3 N–H and O–H groups in total. The number of nitrogens with two attached hydrogens (primary N) is 1. The van der Waals surface area contributed by atoms with Crippen LogP contribution >= 0.6 is 0 Å². The maximum absolute atomic E-state index is 11.9. The first-order valence-electron chi connectivity index (χ1n) is 10.1. The molecule has 1 amide bonds. The molecule has 0 atom stereocenters. The number of carbonyl (C=O) groups is 1. The number of nitrogens with one attached hydrogen (secondary N) is 1. The second-order valence-electron chi connectivity index (χ2n) is 8.26. The number of aromatic nitrogens is 2. The Balaban J connectivity index is 1.89. The third-order valence-electron chi connectivity index (χ3n) is 5.44. The van der Waals surface area contributed by atoms with Gasteiger partial charge in [-0.2, -0.15) is 5.10 Å². The summed E-state index contributed by atoms with van der Waals surface area (Å²) in [6.07, 6.45) is 0.900. The molecule has 3 aromatic rings. The van der Waals surface area contributed by atoms with Crippen molar-refractivity contribution in [2.24, 2.45) is 0 Å². The van der Waals surface area contributed by atoms with Gasteiger partial charge in [0.1, 0.15) is 5.69 Å². The van der Waals surface area contributed by atoms with Gasteiger partial charge in [-0.25, -0.2) is 0 Å². The minimum atomic E-state index is 0.607. The van der Waals surface area contributed by atoms with Crippen LogP contribution in [0.15, 0.2) is 30.3 Å². The predicted molar refractivity (Wildman–Crippen MR) is 123 cm³/mol. The van der Waals surface area contributed by atoms with E-state index in [1.807, 2.05) is 43.0 Å². The first-order valence-corrected chi connectivity index (χ1v) is 10.1. The summed E-state index contributed by atoms with van der Waals surface area (Å²) in [5, 5.41) is 9.53. The van der Waals surface area contributed by atoms with Crippen molar-refractivity contribution in [3.8, 4) is 11.3 Å². The number of rotatable bonds is 8. The van der Waals surface area contributed by atoms with Crippen LogP contribution in [0, 0.1) is 0 Å². The average molecular weight is 408 g/mol. The van der Waals surface area contributed by atoms with Crippen LogP contribution in [0.3, 0.4) is 0 Å². The van der Waals surface area contributed by atoms with Crippen molar-refractivity contribution in [2.75, 3.05) is 63.8 Å². The van der Waals surface area contributed by atoms with E-state index >= 15 is 0 Å². The van der Waals surface area contributed by atoms with Gasteiger partial charge in [0, 0.05) is 36.6 Å². The summed E-state index contributed by atoms with van der Waals surface area (Å²) in [5.74, 6) is 0. The van der Waals surface area contributed by atoms with Crippen molar-refractivity contribution in [1.82, 2.24) is 19.6 Å². The number of amides is 1. The maximum atomic E-state index is 11.9. The monoisotopic (exact) mass is 407 g/mol. The van der Waals surface area contributed by atoms with Crippen LogP contribution in [0.25, 0.3) is 22.2 Å². The Morgan fingerprint density at radius 1 is 1.07 bits per heavy atom. The molecule has 0 bridgehead atoms. The quantitative estimate of drug-likeness (QED) is 0.345. The van der Waals surface area contributed by atoms with E-state index < -0.39 is 0 Å². The molecule has 0 saturated carbocycles. The Bertz CT molecular complexity index is 1090. The highest BCUT2D eigenvalue weighted by atomic mass is 16.1. The van der Waals surface area contributed by atoms with Crippen LogP contribution in [0.1, 0.15) is 0 Å². The number of carbonyl (C=O) groups excluding carboxylic acids is 1. The minimum absolute atomic E-state index is 0.607. The number of benzene rings is 2. The van der Waals surface area contributed by atoms with Crippen LogP contribution < -0.4 is 16.0 Å². The Morgan fingerprint density at radius 2 is 1.83 bits per heavy atom. The number of anilines is 4. The average Bonchev–Trinajstić information content (AvgIpc) is 3.08. The number of likely N-dealkylation sites (N-methyl/N-ethyl adjacent to an activating group) is 2.